The molecule has 5 nitrogen and oxygen atoms in total. The van der Waals surface area contributed by atoms with Gasteiger partial charge in [-0.15, -0.1) is 0 Å². The number of aryl methyl sites for hydroxylation is 1. The molecule has 1 aromatic heterocycles. The Morgan fingerprint density at radius 3 is 2.87 bits per heavy atom. The van der Waals surface area contributed by atoms with Crippen molar-refractivity contribution in [3.05, 3.63) is 16.4 Å². The zero-order valence-corrected chi connectivity index (χ0v) is 10.1. The first kappa shape index (κ1) is 10.8. The summed E-state index contributed by atoms with van der Waals surface area (Å²) in [5.74, 6) is 0.637. The molecule has 1 saturated heterocycles. The van der Waals surface area contributed by atoms with Crippen LogP contribution in [0.2, 0.25) is 0 Å². The standard InChI is InChI=1S/C9H13BrN4O/c1-7-8(10)6-11-9(12-7)13-14-2-4-15-5-3-14/h6H,2-5H2,1H3,(H,11,12,13). The molecule has 0 saturated carbocycles. The van der Waals surface area contributed by atoms with Gasteiger partial charge in [0.15, 0.2) is 0 Å². The van der Waals surface area contributed by atoms with Gasteiger partial charge in [0.25, 0.3) is 0 Å². The Balaban J connectivity index is 2.00. The summed E-state index contributed by atoms with van der Waals surface area (Å²) in [6.45, 7) is 5.16. The molecule has 1 aromatic rings. The maximum Gasteiger partial charge on any atom is 0.237 e. The number of nitrogens with one attached hydrogen (secondary N) is 1. The molecule has 2 rings (SSSR count). The summed E-state index contributed by atoms with van der Waals surface area (Å²) < 4.78 is 6.18. The molecule has 1 N–H and O–H groups in total. The van der Waals surface area contributed by atoms with Crippen molar-refractivity contribution < 1.29 is 4.74 Å². The smallest absolute Gasteiger partial charge is 0.237 e. The third-order valence-electron chi connectivity index (χ3n) is 2.19. The van der Waals surface area contributed by atoms with Gasteiger partial charge in [-0.3, -0.25) is 5.43 Å². The van der Waals surface area contributed by atoms with Gasteiger partial charge in [0.05, 0.1) is 23.4 Å². The van der Waals surface area contributed by atoms with Crippen molar-refractivity contribution in [3.8, 4) is 0 Å². The molecular weight excluding hydrogens is 260 g/mol. The molecule has 0 aromatic carbocycles. The van der Waals surface area contributed by atoms with E-state index in [-0.39, 0.29) is 0 Å². The van der Waals surface area contributed by atoms with Crippen LogP contribution in [0.25, 0.3) is 0 Å². The summed E-state index contributed by atoms with van der Waals surface area (Å²) in [5, 5.41) is 2.06. The highest BCUT2D eigenvalue weighted by atomic mass is 79.9. The number of hydrogen-bond acceptors (Lipinski definition) is 5. The number of morpholine rings is 1. The van der Waals surface area contributed by atoms with E-state index in [0.717, 1.165) is 36.5 Å². The number of aromatic nitrogens is 2. The average Bonchev–Trinajstić information content (AvgIpc) is 2.25. The van der Waals surface area contributed by atoms with Crippen LogP contribution in [0, 0.1) is 6.92 Å². The van der Waals surface area contributed by atoms with E-state index in [2.05, 4.69) is 36.3 Å². The number of rotatable bonds is 2. The number of nitrogens with zero attached hydrogens (tertiary/aromatic N) is 3. The molecular formula is C9H13BrN4O. The number of hydrazine groups is 1. The molecule has 1 aliphatic rings. The molecule has 0 radical (unpaired) electrons. The van der Waals surface area contributed by atoms with Crippen molar-refractivity contribution in [1.82, 2.24) is 15.0 Å². The molecule has 0 aliphatic carbocycles. The van der Waals surface area contributed by atoms with E-state index in [0.29, 0.717) is 5.95 Å². The second kappa shape index (κ2) is 4.87. The van der Waals surface area contributed by atoms with Crippen LogP contribution in [-0.2, 0) is 4.74 Å². The molecule has 1 aliphatic heterocycles. The first-order valence-corrected chi connectivity index (χ1v) is 5.63. The van der Waals surface area contributed by atoms with E-state index >= 15 is 0 Å². The van der Waals surface area contributed by atoms with Gasteiger partial charge in [-0.1, -0.05) is 0 Å². The summed E-state index contributed by atoms with van der Waals surface area (Å²) in [6.07, 6.45) is 1.76. The molecule has 1 fully saturated rings. The van der Waals surface area contributed by atoms with Crippen LogP contribution in [-0.4, -0.2) is 41.3 Å². The van der Waals surface area contributed by atoms with Crippen LogP contribution < -0.4 is 5.43 Å². The van der Waals surface area contributed by atoms with Crippen molar-refractivity contribution in [2.45, 2.75) is 6.92 Å². The molecule has 6 heteroatoms. The Bertz CT molecular complexity index is 341. The fraction of sp³-hybridized carbons (Fsp3) is 0.556. The summed E-state index contributed by atoms with van der Waals surface area (Å²) in [4.78, 5) is 8.50. The minimum Gasteiger partial charge on any atom is -0.379 e. The van der Waals surface area contributed by atoms with Gasteiger partial charge in [0, 0.05) is 19.3 Å². The zero-order valence-electron chi connectivity index (χ0n) is 8.53. The van der Waals surface area contributed by atoms with E-state index < -0.39 is 0 Å². The van der Waals surface area contributed by atoms with Gasteiger partial charge in [0.2, 0.25) is 5.95 Å². The van der Waals surface area contributed by atoms with Gasteiger partial charge < -0.3 is 4.74 Å². The topological polar surface area (TPSA) is 50.3 Å². The summed E-state index contributed by atoms with van der Waals surface area (Å²) in [7, 11) is 0. The lowest BCUT2D eigenvalue weighted by molar-refractivity contribution is 0.0492. The maximum absolute atomic E-state index is 5.25. The Morgan fingerprint density at radius 2 is 2.20 bits per heavy atom. The Labute approximate surface area is 97.0 Å². The highest BCUT2D eigenvalue weighted by molar-refractivity contribution is 9.10. The van der Waals surface area contributed by atoms with Gasteiger partial charge in [-0.25, -0.2) is 15.0 Å². The van der Waals surface area contributed by atoms with E-state index in [1.807, 2.05) is 6.92 Å². The van der Waals surface area contributed by atoms with Gasteiger partial charge >= 0.3 is 0 Å². The SMILES string of the molecule is Cc1nc(NN2CCOCC2)ncc1Br. The predicted molar refractivity (Wildman–Crippen MR) is 60.5 cm³/mol. The third kappa shape index (κ3) is 2.87. The summed E-state index contributed by atoms with van der Waals surface area (Å²) >= 11 is 3.37. The van der Waals surface area contributed by atoms with Crippen LogP contribution in [0.15, 0.2) is 10.7 Å². The normalized spacial score (nSPS) is 17.7. The van der Waals surface area contributed by atoms with E-state index in [1.165, 1.54) is 0 Å². The summed E-state index contributed by atoms with van der Waals surface area (Å²) in [5.41, 5.74) is 4.09. The van der Waals surface area contributed by atoms with Crippen molar-refractivity contribution in [3.63, 3.8) is 0 Å². The molecule has 2 heterocycles. The quantitative estimate of drug-likeness (QED) is 0.877. The van der Waals surface area contributed by atoms with E-state index in [1.54, 1.807) is 6.20 Å². The molecule has 0 atom stereocenters. The fourth-order valence-electron chi connectivity index (χ4n) is 1.32. The van der Waals surface area contributed by atoms with Crippen LogP contribution in [0.1, 0.15) is 5.69 Å². The minimum absolute atomic E-state index is 0.637. The lowest BCUT2D eigenvalue weighted by atomic mass is 10.5. The molecule has 0 amide bonds. The van der Waals surface area contributed by atoms with Crippen LogP contribution in [0.3, 0.4) is 0 Å². The van der Waals surface area contributed by atoms with Crippen LogP contribution in [0.5, 0.6) is 0 Å². The predicted octanol–water partition coefficient (Wildman–Crippen LogP) is 1.21. The van der Waals surface area contributed by atoms with Gasteiger partial charge in [0.1, 0.15) is 0 Å². The lowest BCUT2D eigenvalue weighted by Crippen LogP contribution is -2.40. The summed E-state index contributed by atoms with van der Waals surface area (Å²) in [6, 6.07) is 0. The average molecular weight is 273 g/mol. The van der Waals surface area contributed by atoms with Gasteiger partial charge in [-0.2, -0.15) is 0 Å². The number of ether oxygens (including phenoxy) is 1. The van der Waals surface area contributed by atoms with Crippen molar-refractivity contribution in [2.24, 2.45) is 0 Å². The molecule has 0 spiro atoms. The van der Waals surface area contributed by atoms with E-state index in [9.17, 15) is 0 Å². The van der Waals surface area contributed by atoms with Crippen molar-refractivity contribution >= 4 is 21.9 Å². The first-order chi connectivity index (χ1) is 7.25. The highest BCUT2D eigenvalue weighted by Crippen LogP contribution is 2.13. The molecule has 0 unspecified atom stereocenters. The molecule has 82 valence electrons. The van der Waals surface area contributed by atoms with Crippen molar-refractivity contribution in [2.75, 3.05) is 31.7 Å². The zero-order chi connectivity index (χ0) is 10.7. The molecule has 15 heavy (non-hydrogen) atoms. The monoisotopic (exact) mass is 272 g/mol. The Kier molecular flexibility index (Phi) is 3.50. The third-order valence-corrected chi connectivity index (χ3v) is 2.97. The fourth-order valence-corrected chi connectivity index (χ4v) is 1.51. The minimum atomic E-state index is 0.637. The van der Waals surface area contributed by atoms with E-state index in [4.69, 9.17) is 4.74 Å². The highest BCUT2D eigenvalue weighted by Gasteiger charge is 2.11. The Morgan fingerprint density at radius 1 is 1.47 bits per heavy atom. The number of anilines is 1. The first-order valence-electron chi connectivity index (χ1n) is 4.84. The second-order valence-corrected chi connectivity index (χ2v) is 4.19. The number of halogens is 1. The number of hydrogen-bond donors (Lipinski definition) is 1. The van der Waals surface area contributed by atoms with Crippen LogP contribution in [0.4, 0.5) is 5.95 Å². The lowest BCUT2D eigenvalue weighted by Gasteiger charge is -2.26. The van der Waals surface area contributed by atoms with Crippen molar-refractivity contribution in [1.29, 1.82) is 0 Å². The largest absolute Gasteiger partial charge is 0.379 e. The molecule has 0 bridgehead atoms. The second-order valence-electron chi connectivity index (χ2n) is 3.34. The maximum atomic E-state index is 5.25. The van der Waals surface area contributed by atoms with Gasteiger partial charge in [-0.05, 0) is 22.9 Å². The van der Waals surface area contributed by atoms with Crippen LogP contribution >= 0.6 is 15.9 Å². The Hall–Kier alpha value is -0.720.